The Kier molecular flexibility index (Phi) is 5.54. The molecular formula is C25H19FN4O3S. The van der Waals surface area contributed by atoms with Crippen LogP contribution in [-0.2, 0) is 0 Å². The average Bonchev–Trinajstić information content (AvgIpc) is 3.46. The van der Waals surface area contributed by atoms with Crippen LogP contribution in [0.15, 0.2) is 83.4 Å². The Morgan fingerprint density at radius 1 is 1.12 bits per heavy atom. The molecule has 5 rings (SSSR count). The van der Waals surface area contributed by atoms with Crippen LogP contribution in [-0.4, -0.2) is 15.0 Å². The van der Waals surface area contributed by atoms with E-state index in [1.165, 1.54) is 12.1 Å². The second-order valence-electron chi connectivity index (χ2n) is 7.91. The van der Waals surface area contributed by atoms with E-state index < -0.39 is 11.0 Å². The fourth-order valence-electron chi connectivity index (χ4n) is 4.20. The van der Waals surface area contributed by atoms with Crippen LogP contribution < -0.4 is 10.2 Å². The van der Waals surface area contributed by atoms with E-state index in [1.54, 1.807) is 55.6 Å². The monoisotopic (exact) mass is 474 g/mol. The lowest BCUT2D eigenvalue weighted by molar-refractivity contribution is -0.384. The molecule has 0 saturated carbocycles. The molecule has 2 atom stereocenters. The Morgan fingerprint density at radius 2 is 1.91 bits per heavy atom. The highest BCUT2D eigenvalue weighted by atomic mass is 32.1. The van der Waals surface area contributed by atoms with Gasteiger partial charge in [-0.25, -0.2) is 4.39 Å². The molecule has 0 bridgehead atoms. The van der Waals surface area contributed by atoms with Crippen LogP contribution in [0.25, 0.3) is 11.3 Å². The van der Waals surface area contributed by atoms with Crippen LogP contribution in [0.4, 0.5) is 15.8 Å². The summed E-state index contributed by atoms with van der Waals surface area (Å²) in [7, 11) is 0. The third-order valence-electron chi connectivity index (χ3n) is 5.80. The van der Waals surface area contributed by atoms with Crippen LogP contribution in [0.2, 0.25) is 0 Å². The summed E-state index contributed by atoms with van der Waals surface area (Å²) in [5.41, 5.74) is 2.27. The third kappa shape index (κ3) is 3.80. The molecule has 7 nitrogen and oxygen atoms in total. The second kappa shape index (κ2) is 8.68. The highest BCUT2D eigenvalue weighted by molar-refractivity contribution is 7.80. The number of furan rings is 1. The van der Waals surface area contributed by atoms with Crippen LogP contribution in [0, 0.1) is 22.9 Å². The quantitative estimate of drug-likeness (QED) is 0.220. The van der Waals surface area contributed by atoms with Crippen molar-refractivity contribution in [3.05, 3.63) is 112 Å². The van der Waals surface area contributed by atoms with Gasteiger partial charge in [-0.1, -0.05) is 18.2 Å². The Balaban J connectivity index is 1.63. The fourth-order valence-corrected chi connectivity index (χ4v) is 4.54. The number of nitrogens with one attached hydrogen (secondary N) is 1. The second-order valence-corrected chi connectivity index (χ2v) is 8.29. The minimum atomic E-state index is -0.455. The van der Waals surface area contributed by atoms with Crippen molar-refractivity contribution in [2.24, 2.45) is 0 Å². The summed E-state index contributed by atoms with van der Waals surface area (Å²) < 4.78 is 20.2. The predicted molar refractivity (Wildman–Crippen MR) is 130 cm³/mol. The van der Waals surface area contributed by atoms with Crippen molar-refractivity contribution in [1.82, 2.24) is 10.3 Å². The average molecular weight is 475 g/mol. The van der Waals surface area contributed by atoms with Crippen molar-refractivity contribution in [1.29, 1.82) is 0 Å². The van der Waals surface area contributed by atoms with Crippen LogP contribution >= 0.6 is 12.2 Å². The van der Waals surface area contributed by atoms with Gasteiger partial charge in [-0.15, -0.1) is 0 Å². The van der Waals surface area contributed by atoms with E-state index in [4.69, 9.17) is 16.6 Å². The number of hydrogen-bond acceptors (Lipinski definition) is 5. The van der Waals surface area contributed by atoms with Crippen molar-refractivity contribution in [3.63, 3.8) is 0 Å². The van der Waals surface area contributed by atoms with Crippen molar-refractivity contribution in [3.8, 4) is 11.3 Å². The zero-order valence-electron chi connectivity index (χ0n) is 18.0. The maximum atomic E-state index is 14.0. The first-order chi connectivity index (χ1) is 16.4. The van der Waals surface area contributed by atoms with Crippen LogP contribution in [0.5, 0.6) is 0 Å². The molecule has 34 heavy (non-hydrogen) atoms. The van der Waals surface area contributed by atoms with Gasteiger partial charge >= 0.3 is 0 Å². The molecule has 0 unspecified atom stereocenters. The van der Waals surface area contributed by atoms with E-state index in [1.807, 2.05) is 23.1 Å². The number of halogens is 1. The van der Waals surface area contributed by atoms with Crippen molar-refractivity contribution >= 4 is 28.7 Å². The lowest BCUT2D eigenvalue weighted by Gasteiger charge is -2.26. The molecule has 4 aromatic rings. The number of rotatable bonds is 5. The Morgan fingerprint density at radius 3 is 2.65 bits per heavy atom. The molecule has 2 aromatic heterocycles. The van der Waals surface area contributed by atoms with Gasteiger partial charge in [0.25, 0.3) is 5.69 Å². The zero-order chi connectivity index (χ0) is 23.8. The first-order valence-electron chi connectivity index (χ1n) is 10.5. The van der Waals surface area contributed by atoms with Gasteiger partial charge in [0.2, 0.25) is 0 Å². The molecule has 9 heteroatoms. The lowest BCUT2D eigenvalue weighted by Crippen LogP contribution is -2.29. The molecule has 3 heterocycles. The number of para-hydroxylation sites is 1. The number of nitro benzene ring substituents is 1. The molecule has 1 aliphatic heterocycles. The van der Waals surface area contributed by atoms with Gasteiger partial charge < -0.3 is 14.6 Å². The van der Waals surface area contributed by atoms with E-state index in [9.17, 15) is 14.5 Å². The molecular weight excluding hydrogens is 455 g/mol. The summed E-state index contributed by atoms with van der Waals surface area (Å²) in [4.78, 5) is 17.4. The number of benzene rings is 2. The van der Waals surface area contributed by atoms with Gasteiger partial charge in [0.1, 0.15) is 23.4 Å². The normalized spacial score (nSPS) is 17.6. The standard InChI is InChI=1S/C25H19FN4O3S/c1-15-14-16(9-10-18(15)26)29-24(23(28-25(29)34)19-7-4-5-13-27-19)22-12-11-21(33-22)17-6-2-3-8-20(17)30(31)32/h2-14,23-24H,1H3,(H,28,34)/t23-,24+/m1/s1. The first kappa shape index (κ1) is 21.7. The molecule has 0 aliphatic carbocycles. The maximum absolute atomic E-state index is 14.0. The predicted octanol–water partition coefficient (Wildman–Crippen LogP) is 5.87. The SMILES string of the molecule is Cc1cc(N2C(=S)N[C@H](c3ccccn3)[C@@H]2c2ccc(-c3ccccc3[N+](=O)[O-])o2)ccc1F. The van der Waals surface area contributed by atoms with Crippen molar-refractivity contribution < 1.29 is 13.7 Å². The minimum Gasteiger partial charge on any atom is -0.459 e. The zero-order valence-corrected chi connectivity index (χ0v) is 18.8. The number of nitro groups is 1. The van der Waals surface area contributed by atoms with Crippen LogP contribution in [0.1, 0.15) is 29.1 Å². The number of aromatic nitrogens is 1. The summed E-state index contributed by atoms with van der Waals surface area (Å²) >= 11 is 5.67. The summed E-state index contributed by atoms with van der Waals surface area (Å²) in [5.74, 6) is 0.601. The van der Waals surface area contributed by atoms with E-state index in [2.05, 4.69) is 10.3 Å². The summed E-state index contributed by atoms with van der Waals surface area (Å²) in [6.07, 6.45) is 1.70. The number of thiocarbonyl (C=S) groups is 1. The number of nitrogens with zero attached hydrogens (tertiary/aromatic N) is 3. The van der Waals surface area contributed by atoms with E-state index in [0.29, 0.717) is 33.4 Å². The van der Waals surface area contributed by atoms with Gasteiger partial charge in [-0.2, -0.15) is 0 Å². The number of aryl methyl sites for hydroxylation is 1. The van der Waals surface area contributed by atoms with Crippen LogP contribution in [0.3, 0.4) is 0 Å². The molecule has 2 aromatic carbocycles. The Bertz CT molecular complexity index is 1390. The number of hydrogen-bond donors (Lipinski definition) is 1. The van der Waals surface area contributed by atoms with Crippen molar-refractivity contribution in [2.75, 3.05) is 4.90 Å². The van der Waals surface area contributed by atoms with Gasteiger partial charge in [-0.05, 0) is 73.2 Å². The highest BCUT2D eigenvalue weighted by Gasteiger charge is 2.42. The van der Waals surface area contributed by atoms with Gasteiger partial charge in [0.15, 0.2) is 5.11 Å². The van der Waals surface area contributed by atoms with Crippen molar-refractivity contribution in [2.45, 2.75) is 19.0 Å². The largest absolute Gasteiger partial charge is 0.459 e. The molecule has 1 N–H and O–H groups in total. The van der Waals surface area contributed by atoms with Gasteiger partial charge in [0.05, 0.1) is 22.2 Å². The summed E-state index contributed by atoms with van der Waals surface area (Å²) in [5, 5.41) is 15.3. The number of anilines is 1. The summed E-state index contributed by atoms with van der Waals surface area (Å²) in [6, 6.07) is 19.5. The molecule has 170 valence electrons. The number of pyridine rings is 1. The molecule has 1 fully saturated rings. The summed E-state index contributed by atoms with van der Waals surface area (Å²) in [6.45, 7) is 1.69. The highest BCUT2D eigenvalue weighted by Crippen LogP contribution is 2.43. The smallest absolute Gasteiger partial charge is 0.280 e. The fraction of sp³-hybridized carbons (Fsp3) is 0.120. The Labute approximate surface area is 200 Å². The topological polar surface area (TPSA) is 84.4 Å². The third-order valence-corrected chi connectivity index (χ3v) is 6.12. The molecule has 0 amide bonds. The molecule has 0 radical (unpaired) electrons. The van der Waals surface area contributed by atoms with E-state index >= 15 is 0 Å². The van der Waals surface area contributed by atoms with Gasteiger partial charge in [0, 0.05) is 18.0 Å². The minimum absolute atomic E-state index is 0.0456. The first-order valence-corrected chi connectivity index (χ1v) is 10.9. The lowest BCUT2D eigenvalue weighted by atomic mass is 10.0. The molecule has 1 saturated heterocycles. The molecule has 0 spiro atoms. The van der Waals surface area contributed by atoms with E-state index in [-0.39, 0.29) is 17.5 Å². The Hall–Kier alpha value is -4.11. The maximum Gasteiger partial charge on any atom is 0.280 e. The van der Waals surface area contributed by atoms with Gasteiger partial charge in [-0.3, -0.25) is 15.1 Å². The molecule has 1 aliphatic rings. The van der Waals surface area contributed by atoms with E-state index in [0.717, 1.165) is 5.69 Å².